The SMILES string of the molecule is CC(C)NCCS(=O)(=O)[O-].[Na+]. The van der Waals surface area contributed by atoms with Crippen LogP contribution in [-0.4, -0.2) is 31.3 Å². The molecular weight excluding hydrogens is 177 g/mol. The van der Waals surface area contributed by atoms with Gasteiger partial charge in [-0.05, 0) is 0 Å². The summed E-state index contributed by atoms with van der Waals surface area (Å²) in [6.07, 6.45) is 0. The fourth-order valence-electron chi connectivity index (χ4n) is 0.473. The molecule has 0 aromatic heterocycles. The molecule has 0 rings (SSSR count). The second kappa shape index (κ2) is 6.39. The van der Waals surface area contributed by atoms with Crippen LogP contribution in [0.25, 0.3) is 0 Å². The van der Waals surface area contributed by atoms with E-state index in [4.69, 9.17) is 0 Å². The Morgan fingerprint density at radius 3 is 2.18 bits per heavy atom. The van der Waals surface area contributed by atoms with Crippen molar-refractivity contribution in [2.24, 2.45) is 0 Å². The third kappa shape index (κ3) is 13.8. The zero-order valence-electron chi connectivity index (χ0n) is 7.12. The summed E-state index contributed by atoms with van der Waals surface area (Å²) >= 11 is 0. The molecule has 0 atom stereocenters. The quantitative estimate of drug-likeness (QED) is 0.368. The summed E-state index contributed by atoms with van der Waals surface area (Å²) in [6.45, 7) is 4.01. The van der Waals surface area contributed by atoms with Gasteiger partial charge in [-0.3, -0.25) is 0 Å². The van der Waals surface area contributed by atoms with Crippen LogP contribution in [0.3, 0.4) is 0 Å². The smallest absolute Gasteiger partial charge is 0.748 e. The van der Waals surface area contributed by atoms with Crippen LogP contribution < -0.4 is 34.9 Å². The fourth-order valence-corrected chi connectivity index (χ4v) is 0.840. The molecule has 4 nitrogen and oxygen atoms in total. The van der Waals surface area contributed by atoms with Crippen molar-refractivity contribution in [3.05, 3.63) is 0 Å². The summed E-state index contributed by atoms with van der Waals surface area (Å²) in [5, 5.41) is 2.82. The van der Waals surface area contributed by atoms with Crippen LogP contribution in [0.5, 0.6) is 0 Å². The van der Waals surface area contributed by atoms with E-state index in [0.717, 1.165) is 0 Å². The first-order valence-corrected chi connectivity index (χ1v) is 4.66. The minimum absolute atomic E-state index is 0. The summed E-state index contributed by atoms with van der Waals surface area (Å²) in [4.78, 5) is 0. The molecule has 62 valence electrons. The molecule has 1 N–H and O–H groups in total. The molecule has 0 saturated carbocycles. The van der Waals surface area contributed by atoms with E-state index in [-0.39, 0.29) is 47.9 Å². The molecule has 0 aromatic rings. The minimum atomic E-state index is -4.03. The first-order valence-electron chi connectivity index (χ1n) is 3.09. The van der Waals surface area contributed by atoms with Crippen molar-refractivity contribution < 1.29 is 42.5 Å². The van der Waals surface area contributed by atoms with Gasteiger partial charge in [-0.2, -0.15) is 0 Å². The number of hydrogen-bond donors (Lipinski definition) is 1. The molecule has 6 heteroatoms. The Bertz CT molecular complexity index is 178. The third-order valence-corrected chi connectivity index (χ3v) is 1.61. The van der Waals surface area contributed by atoms with Crippen LogP contribution in [0.15, 0.2) is 0 Å². The van der Waals surface area contributed by atoms with Crippen molar-refractivity contribution in [2.75, 3.05) is 12.3 Å². The molecule has 11 heavy (non-hydrogen) atoms. The van der Waals surface area contributed by atoms with E-state index in [1.807, 2.05) is 13.8 Å². The normalized spacial score (nSPS) is 11.3. The second-order valence-corrected chi connectivity index (χ2v) is 3.89. The summed E-state index contributed by atoms with van der Waals surface area (Å²) in [7, 11) is -4.03. The van der Waals surface area contributed by atoms with E-state index in [2.05, 4.69) is 5.32 Å². The van der Waals surface area contributed by atoms with Crippen LogP contribution in [0.1, 0.15) is 13.8 Å². The zero-order chi connectivity index (χ0) is 8.20. The molecule has 0 radical (unpaired) electrons. The standard InChI is InChI=1S/C5H13NO3S.Na/c1-5(2)6-3-4-10(7,8)9;/h5-6H,3-4H2,1-2H3,(H,7,8,9);/q;+1/p-1. The first-order chi connectivity index (χ1) is 4.42. The maximum Gasteiger partial charge on any atom is 1.00 e. The van der Waals surface area contributed by atoms with E-state index in [1.165, 1.54) is 0 Å². The van der Waals surface area contributed by atoms with Gasteiger partial charge < -0.3 is 9.87 Å². The van der Waals surface area contributed by atoms with Crippen molar-refractivity contribution in [2.45, 2.75) is 19.9 Å². The first kappa shape index (κ1) is 14.4. The van der Waals surface area contributed by atoms with Gasteiger partial charge in [0.25, 0.3) is 0 Å². The van der Waals surface area contributed by atoms with Crippen LogP contribution in [0.2, 0.25) is 0 Å². The molecule has 0 aromatic carbocycles. The van der Waals surface area contributed by atoms with E-state index in [0.29, 0.717) is 0 Å². The monoisotopic (exact) mass is 189 g/mol. The molecule has 0 fully saturated rings. The Kier molecular flexibility index (Phi) is 8.37. The van der Waals surface area contributed by atoms with Gasteiger partial charge >= 0.3 is 29.6 Å². The molecule has 0 bridgehead atoms. The van der Waals surface area contributed by atoms with Crippen molar-refractivity contribution in [1.82, 2.24) is 5.32 Å². The van der Waals surface area contributed by atoms with Crippen molar-refractivity contribution in [3.63, 3.8) is 0 Å². The van der Waals surface area contributed by atoms with Crippen LogP contribution in [0, 0.1) is 0 Å². The zero-order valence-corrected chi connectivity index (χ0v) is 9.94. The predicted octanol–water partition coefficient (Wildman–Crippen LogP) is -3.47. The van der Waals surface area contributed by atoms with Crippen LogP contribution in [-0.2, 0) is 10.1 Å². The average Bonchev–Trinajstić information content (AvgIpc) is 1.59. The molecule has 0 aliphatic carbocycles. The van der Waals surface area contributed by atoms with Gasteiger partial charge in [0.15, 0.2) is 0 Å². The number of rotatable bonds is 4. The Morgan fingerprint density at radius 2 is 1.91 bits per heavy atom. The average molecular weight is 189 g/mol. The maximum absolute atomic E-state index is 10.0. The van der Waals surface area contributed by atoms with Gasteiger partial charge in [-0.15, -0.1) is 0 Å². The third-order valence-electron chi connectivity index (χ3n) is 0.905. The summed E-state index contributed by atoms with van der Waals surface area (Å²) in [6, 6.07) is 0.224. The Labute approximate surface area is 89.8 Å². The van der Waals surface area contributed by atoms with Crippen LogP contribution >= 0.6 is 0 Å². The molecule has 0 amide bonds. The summed E-state index contributed by atoms with van der Waals surface area (Å²) in [5.74, 6) is -0.328. The number of nitrogens with one attached hydrogen (secondary N) is 1. The van der Waals surface area contributed by atoms with Crippen molar-refractivity contribution in [1.29, 1.82) is 0 Å². The van der Waals surface area contributed by atoms with E-state index >= 15 is 0 Å². The predicted molar refractivity (Wildman–Crippen MR) is 37.7 cm³/mol. The number of hydrogen-bond acceptors (Lipinski definition) is 4. The molecule has 0 unspecified atom stereocenters. The molecule has 0 heterocycles. The van der Waals surface area contributed by atoms with Gasteiger partial charge in [-0.1, -0.05) is 13.8 Å². The Balaban J connectivity index is 0. The Morgan fingerprint density at radius 1 is 1.45 bits per heavy atom. The largest absolute Gasteiger partial charge is 1.00 e. The summed E-state index contributed by atoms with van der Waals surface area (Å²) < 4.78 is 30.1. The van der Waals surface area contributed by atoms with Crippen LogP contribution in [0.4, 0.5) is 0 Å². The maximum atomic E-state index is 10.0. The van der Waals surface area contributed by atoms with Gasteiger partial charge in [0.2, 0.25) is 0 Å². The topological polar surface area (TPSA) is 69.2 Å². The van der Waals surface area contributed by atoms with Gasteiger partial charge in [0, 0.05) is 12.6 Å². The minimum Gasteiger partial charge on any atom is -0.748 e. The van der Waals surface area contributed by atoms with Crippen molar-refractivity contribution in [3.8, 4) is 0 Å². The molecular formula is C5H12NNaO3S. The molecule has 0 aliphatic heterocycles. The van der Waals surface area contributed by atoms with Gasteiger partial charge in [0.05, 0.1) is 15.9 Å². The van der Waals surface area contributed by atoms with E-state index in [1.54, 1.807) is 0 Å². The second-order valence-electron chi connectivity index (χ2n) is 2.37. The van der Waals surface area contributed by atoms with Gasteiger partial charge in [0.1, 0.15) is 0 Å². The van der Waals surface area contributed by atoms with E-state index < -0.39 is 10.1 Å². The Hall–Kier alpha value is 0.870. The van der Waals surface area contributed by atoms with Crippen molar-refractivity contribution >= 4 is 10.1 Å². The molecule has 0 aliphatic rings. The summed E-state index contributed by atoms with van der Waals surface area (Å²) in [5.41, 5.74) is 0. The van der Waals surface area contributed by atoms with Gasteiger partial charge in [-0.25, -0.2) is 8.42 Å². The molecule has 0 spiro atoms. The molecule has 0 saturated heterocycles. The fraction of sp³-hybridized carbons (Fsp3) is 1.00. The van der Waals surface area contributed by atoms with E-state index in [9.17, 15) is 13.0 Å².